The van der Waals surface area contributed by atoms with Crippen molar-refractivity contribution in [3.8, 4) is 0 Å². The molecule has 4 nitrogen and oxygen atoms in total. The molecule has 0 bridgehead atoms. The number of hydrogen-bond donors (Lipinski definition) is 0. The summed E-state index contributed by atoms with van der Waals surface area (Å²) in [5, 5.41) is 0. The first-order chi connectivity index (χ1) is 10.7. The molecule has 22 heavy (non-hydrogen) atoms. The standard InChI is InChI=1S/C18H20O4/c1-2-21-18(20)17-13(12-7-4-3-5-8-12)11-14-15(19)9-6-10-16(14)22-17/h3-5,7-8,13,17H,2,6,9-11H2,1H3/t13-,17+/m1/s1. The Morgan fingerprint density at radius 3 is 2.77 bits per heavy atom. The Balaban J connectivity index is 1.95. The number of ether oxygens (including phenoxy) is 2. The molecular formula is C18H20O4. The fourth-order valence-corrected chi connectivity index (χ4v) is 3.22. The second kappa shape index (κ2) is 6.34. The van der Waals surface area contributed by atoms with Crippen LogP contribution in [0.3, 0.4) is 0 Å². The van der Waals surface area contributed by atoms with Crippen LogP contribution in [0.15, 0.2) is 41.7 Å². The van der Waals surface area contributed by atoms with Crippen LogP contribution in [0.5, 0.6) is 0 Å². The quantitative estimate of drug-likeness (QED) is 0.805. The van der Waals surface area contributed by atoms with Crippen LogP contribution in [0.25, 0.3) is 0 Å². The van der Waals surface area contributed by atoms with Crippen LogP contribution in [0.4, 0.5) is 0 Å². The molecule has 0 unspecified atom stereocenters. The summed E-state index contributed by atoms with van der Waals surface area (Å²) in [6.45, 7) is 2.11. The van der Waals surface area contributed by atoms with E-state index in [-0.39, 0.29) is 17.7 Å². The van der Waals surface area contributed by atoms with Crippen LogP contribution < -0.4 is 0 Å². The third kappa shape index (κ3) is 2.78. The lowest BCUT2D eigenvalue weighted by Crippen LogP contribution is -2.38. The largest absolute Gasteiger partial charge is 0.482 e. The average Bonchev–Trinajstić information content (AvgIpc) is 2.55. The molecule has 1 aromatic carbocycles. The summed E-state index contributed by atoms with van der Waals surface area (Å²) in [5.41, 5.74) is 1.77. The van der Waals surface area contributed by atoms with E-state index in [2.05, 4.69) is 0 Å². The van der Waals surface area contributed by atoms with Crippen LogP contribution in [-0.2, 0) is 19.1 Å². The molecule has 4 heteroatoms. The maximum atomic E-state index is 12.3. The minimum atomic E-state index is -0.660. The summed E-state index contributed by atoms with van der Waals surface area (Å²) in [4.78, 5) is 24.4. The van der Waals surface area contributed by atoms with Gasteiger partial charge in [0.05, 0.1) is 6.61 Å². The lowest BCUT2D eigenvalue weighted by molar-refractivity contribution is -0.157. The third-order valence-electron chi connectivity index (χ3n) is 4.29. The van der Waals surface area contributed by atoms with Crippen molar-refractivity contribution in [3.05, 3.63) is 47.2 Å². The molecule has 0 amide bonds. The number of allylic oxidation sites excluding steroid dienone is 2. The lowest BCUT2D eigenvalue weighted by atomic mass is 9.80. The molecule has 0 N–H and O–H groups in total. The van der Waals surface area contributed by atoms with E-state index >= 15 is 0 Å². The van der Waals surface area contributed by atoms with Crippen molar-refractivity contribution >= 4 is 11.8 Å². The fraction of sp³-hybridized carbons (Fsp3) is 0.444. The predicted molar refractivity (Wildman–Crippen MR) is 81.2 cm³/mol. The number of benzene rings is 1. The highest BCUT2D eigenvalue weighted by Crippen LogP contribution is 2.40. The van der Waals surface area contributed by atoms with Gasteiger partial charge in [-0.15, -0.1) is 0 Å². The van der Waals surface area contributed by atoms with E-state index in [4.69, 9.17) is 9.47 Å². The summed E-state index contributed by atoms with van der Waals surface area (Å²) < 4.78 is 11.1. The summed E-state index contributed by atoms with van der Waals surface area (Å²) >= 11 is 0. The van der Waals surface area contributed by atoms with Gasteiger partial charge in [0.2, 0.25) is 6.10 Å². The van der Waals surface area contributed by atoms with Gasteiger partial charge < -0.3 is 9.47 Å². The van der Waals surface area contributed by atoms with E-state index in [1.807, 2.05) is 30.3 Å². The maximum absolute atomic E-state index is 12.3. The van der Waals surface area contributed by atoms with Gasteiger partial charge in [0, 0.05) is 24.3 Å². The van der Waals surface area contributed by atoms with Gasteiger partial charge in [0.1, 0.15) is 5.76 Å². The number of esters is 1. The molecule has 1 aliphatic heterocycles. The van der Waals surface area contributed by atoms with Gasteiger partial charge in [-0.3, -0.25) is 4.79 Å². The molecule has 0 radical (unpaired) electrons. The molecule has 1 heterocycles. The smallest absolute Gasteiger partial charge is 0.347 e. The van der Waals surface area contributed by atoms with Crippen LogP contribution >= 0.6 is 0 Å². The second-order valence-corrected chi connectivity index (χ2v) is 5.69. The normalized spacial score (nSPS) is 24.5. The first-order valence-corrected chi connectivity index (χ1v) is 7.84. The van der Waals surface area contributed by atoms with Gasteiger partial charge in [-0.05, 0) is 25.3 Å². The third-order valence-corrected chi connectivity index (χ3v) is 4.29. The van der Waals surface area contributed by atoms with Crippen LogP contribution in [0, 0.1) is 0 Å². The van der Waals surface area contributed by atoms with Gasteiger partial charge in [0.15, 0.2) is 5.78 Å². The van der Waals surface area contributed by atoms with Gasteiger partial charge in [-0.25, -0.2) is 4.79 Å². The Kier molecular flexibility index (Phi) is 4.27. The number of ketones is 1. The minimum Gasteiger partial charge on any atom is -0.482 e. The van der Waals surface area contributed by atoms with Crippen molar-refractivity contribution < 1.29 is 19.1 Å². The Hall–Kier alpha value is -2.10. The van der Waals surface area contributed by atoms with E-state index in [1.165, 1.54) is 0 Å². The van der Waals surface area contributed by atoms with Crippen molar-refractivity contribution in [1.82, 2.24) is 0 Å². The summed E-state index contributed by atoms with van der Waals surface area (Å²) in [7, 11) is 0. The molecule has 1 aliphatic carbocycles. The number of carbonyl (C=O) groups excluding carboxylic acids is 2. The molecule has 3 rings (SSSR count). The number of rotatable bonds is 3. The number of carbonyl (C=O) groups is 2. The van der Waals surface area contributed by atoms with Crippen molar-refractivity contribution in [2.75, 3.05) is 6.61 Å². The van der Waals surface area contributed by atoms with Crippen LogP contribution in [0.1, 0.15) is 44.1 Å². The zero-order chi connectivity index (χ0) is 15.5. The monoisotopic (exact) mass is 300 g/mol. The van der Waals surface area contributed by atoms with Gasteiger partial charge in [0.25, 0.3) is 0 Å². The van der Waals surface area contributed by atoms with Crippen molar-refractivity contribution in [2.24, 2.45) is 0 Å². The molecule has 0 saturated heterocycles. The second-order valence-electron chi connectivity index (χ2n) is 5.69. The average molecular weight is 300 g/mol. The molecule has 2 atom stereocenters. The Labute approximate surface area is 130 Å². The highest BCUT2D eigenvalue weighted by molar-refractivity contribution is 5.97. The van der Waals surface area contributed by atoms with Gasteiger partial charge in [-0.1, -0.05) is 30.3 Å². The first kappa shape index (κ1) is 14.8. The number of Topliss-reactive ketones (excluding diaryl/α,β-unsaturated/α-hetero) is 1. The van der Waals surface area contributed by atoms with Crippen molar-refractivity contribution in [1.29, 1.82) is 0 Å². The number of hydrogen-bond acceptors (Lipinski definition) is 4. The Morgan fingerprint density at radius 2 is 2.05 bits per heavy atom. The van der Waals surface area contributed by atoms with Crippen molar-refractivity contribution in [2.45, 2.75) is 44.6 Å². The topological polar surface area (TPSA) is 52.6 Å². The van der Waals surface area contributed by atoms with E-state index in [9.17, 15) is 9.59 Å². The molecule has 0 spiro atoms. The Bertz CT molecular complexity index is 603. The first-order valence-electron chi connectivity index (χ1n) is 7.84. The molecule has 0 aromatic heterocycles. The lowest BCUT2D eigenvalue weighted by Gasteiger charge is -2.35. The molecule has 0 saturated carbocycles. The van der Waals surface area contributed by atoms with Crippen molar-refractivity contribution in [3.63, 3.8) is 0 Å². The van der Waals surface area contributed by atoms with Crippen LogP contribution in [-0.4, -0.2) is 24.5 Å². The summed E-state index contributed by atoms with van der Waals surface area (Å²) in [5.74, 6) is 0.341. The van der Waals surface area contributed by atoms with E-state index in [1.54, 1.807) is 6.92 Å². The molecular weight excluding hydrogens is 280 g/mol. The summed E-state index contributed by atoms with van der Waals surface area (Å²) in [6, 6.07) is 9.75. The molecule has 1 aromatic rings. The maximum Gasteiger partial charge on any atom is 0.347 e. The highest BCUT2D eigenvalue weighted by atomic mass is 16.6. The SMILES string of the molecule is CCOC(=O)[C@H]1OC2=C(C[C@@H]1c1ccccc1)C(=O)CCC2. The molecule has 116 valence electrons. The highest BCUT2D eigenvalue weighted by Gasteiger charge is 2.40. The fourth-order valence-electron chi connectivity index (χ4n) is 3.22. The molecule has 2 aliphatic rings. The predicted octanol–water partition coefficient (Wildman–Crippen LogP) is 3.13. The van der Waals surface area contributed by atoms with Crippen LogP contribution in [0.2, 0.25) is 0 Å². The Morgan fingerprint density at radius 1 is 1.27 bits per heavy atom. The molecule has 0 fully saturated rings. The minimum absolute atomic E-state index is 0.157. The van der Waals surface area contributed by atoms with E-state index < -0.39 is 6.10 Å². The zero-order valence-electron chi connectivity index (χ0n) is 12.7. The van der Waals surface area contributed by atoms with E-state index in [0.29, 0.717) is 25.2 Å². The van der Waals surface area contributed by atoms with E-state index in [0.717, 1.165) is 24.0 Å². The van der Waals surface area contributed by atoms with Gasteiger partial charge >= 0.3 is 5.97 Å². The zero-order valence-corrected chi connectivity index (χ0v) is 12.7. The van der Waals surface area contributed by atoms with Gasteiger partial charge in [-0.2, -0.15) is 0 Å². The summed E-state index contributed by atoms with van der Waals surface area (Å²) in [6.07, 6.45) is 2.00.